The van der Waals surface area contributed by atoms with Gasteiger partial charge in [0.15, 0.2) is 6.10 Å². The van der Waals surface area contributed by atoms with Crippen molar-refractivity contribution in [1.82, 2.24) is 10.6 Å². The summed E-state index contributed by atoms with van der Waals surface area (Å²) in [5, 5.41) is 14.8. The van der Waals surface area contributed by atoms with Crippen LogP contribution in [0.25, 0.3) is 11.1 Å². The number of carboxylic acids is 1. The van der Waals surface area contributed by atoms with Crippen LogP contribution in [0.15, 0.2) is 48.5 Å². The van der Waals surface area contributed by atoms with Crippen LogP contribution in [0.5, 0.6) is 0 Å². The van der Waals surface area contributed by atoms with Crippen molar-refractivity contribution in [2.45, 2.75) is 56.7 Å². The van der Waals surface area contributed by atoms with E-state index in [1.807, 2.05) is 43.3 Å². The summed E-state index contributed by atoms with van der Waals surface area (Å²) in [5.41, 5.74) is 3.23. The zero-order valence-electron chi connectivity index (χ0n) is 19.4. The van der Waals surface area contributed by atoms with Gasteiger partial charge in [-0.1, -0.05) is 61.9 Å². The number of carboxylic acid groups (broad SMARTS) is 1. The highest BCUT2D eigenvalue weighted by atomic mass is 16.5. The van der Waals surface area contributed by atoms with E-state index in [1.165, 1.54) is 0 Å². The maximum atomic E-state index is 13.1. The van der Waals surface area contributed by atoms with Crippen molar-refractivity contribution in [1.29, 1.82) is 0 Å². The Morgan fingerprint density at radius 1 is 1.09 bits per heavy atom. The predicted octanol–water partition coefficient (Wildman–Crippen LogP) is 3.44. The minimum Gasteiger partial charge on any atom is -0.479 e. The lowest BCUT2D eigenvalue weighted by molar-refractivity contribution is -0.148. The first-order valence-corrected chi connectivity index (χ1v) is 11.6. The molecule has 0 aromatic heterocycles. The van der Waals surface area contributed by atoms with Crippen LogP contribution in [0.2, 0.25) is 0 Å². The number of carbonyl (C=O) groups is 3. The molecule has 3 atom stereocenters. The number of hydrogen-bond acceptors (Lipinski definition) is 5. The van der Waals surface area contributed by atoms with Crippen molar-refractivity contribution < 1.29 is 29.0 Å². The van der Waals surface area contributed by atoms with Gasteiger partial charge in [0.25, 0.3) is 0 Å². The summed E-state index contributed by atoms with van der Waals surface area (Å²) in [5.74, 6) is -1.66. The lowest BCUT2D eigenvalue weighted by atomic mass is 9.94. The van der Waals surface area contributed by atoms with Crippen LogP contribution in [0, 0.1) is 0 Å². The third-order valence-corrected chi connectivity index (χ3v) is 6.62. The second-order valence-electron chi connectivity index (χ2n) is 9.03. The Morgan fingerprint density at radius 3 is 2.29 bits per heavy atom. The molecule has 1 unspecified atom stereocenters. The molecule has 1 fully saturated rings. The third kappa shape index (κ3) is 4.63. The molecule has 4 rings (SSSR count). The van der Waals surface area contributed by atoms with Gasteiger partial charge in [-0.2, -0.15) is 0 Å². The fourth-order valence-electron chi connectivity index (χ4n) is 4.90. The number of benzene rings is 2. The van der Waals surface area contributed by atoms with E-state index < -0.39 is 35.7 Å². The Labute approximate surface area is 198 Å². The summed E-state index contributed by atoms with van der Waals surface area (Å²) in [4.78, 5) is 37.2. The summed E-state index contributed by atoms with van der Waals surface area (Å²) in [6.45, 7) is 3.93. The van der Waals surface area contributed by atoms with Gasteiger partial charge in [0.2, 0.25) is 5.91 Å². The van der Waals surface area contributed by atoms with Gasteiger partial charge >= 0.3 is 12.1 Å². The van der Waals surface area contributed by atoms with Crippen LogP contribution in [-0.4, -0.2) is 54.0 Å². The fourth-order valence-corrected chi connectivity index (χ4v) is 4.90. The highest BCUT2D eigenvalue weighted by molar-refractivity contribution is 5.90. The molecule has 1 saturated heterocycles. The number of fused-ring (bicyclic) bond motifs is 3. The van der Waals surface area contributed by atoms with E-state index in [0.29, 0.717) is 19.3 Å². The van der Waals surface area contributed by atoms with E-state index in [2.05, 4.69) is 22.8 Å². The van der Waals surface area contributed by atoms with E-state index in [0.717, 1.165) is 22.3 Å². The number of ether oxygens (including phenoxy) is 2. The molecule has 0 spiro atoms. The molecular formula is C26H30N2O6. The van der Waals surface area contributed by atoms with Crippen LogP contribution < -0.4 is 10.6 Å². The maximum Gasteiger partial charge on any atom is 0.408 e. The van der Waals surface area contributed by atoms with Gasteiger partial charge in [0, 0.05) is 12.5 Å². The van der Waals surface area contributed by atoms with E-state index in [1.54, 1.807) is 6.92 Å². The Kier molecular flexibility index (Phi) is 6.88. The standard InChI is InChI=1S/C26H30N2O6/c1-3-13-26(2,24(31)27-21-12-14-33-22(21)23(29)30)28-25(32)34-15-20-18-10-6-4-8-16(18)17-9-5-7-11-19(17)20/h4-11,20-22H,3,12-15H2,1-2H3,(H,27,31)(H,28,32)(H,29,30)/t21-,22+,26?/m0/s1. The molecule has 0 radical (unpaired) electrons. The van der Waals surface area contributed by atoms with Crippen molar-refractivity contribution in [3.63, 3.8) is 0 Å². The maximum absolute atomic E-state index is 13.1. The Bertz CT molecular complexity index is 1040. The number of aliphatic carboxylic acids is 1. The molecule has 0 bridgehead atoms. The molecular weight excluding hydrogens is 436 g/mol. The number of hydrogen-bond donors (Lipinski definition) is 3. The summed E-state index contributed by atoms with van der Waals surface area (Å²) < 4.78 is 10.8. The average molecular weight is 467 g/mol. The lowest BCUT2D eigenvalue weighted by Crippen LogP contribution is -2.60. The van der Waals surface area contributed by atoms with Crippen LogP contribution in [-0.2, 0) is 19.1 Å². The highest BCUT2D eigenvalue weighted by Crippen LogP contribution is 2.44. The monoisotopic (exact) mass is 466 g/mol. The van der Waals surface area contributed by atoms with Crippen LogP contribution in [0.1, 0.15) is 50.2 Å². The average Bonchev–Trinajstić information content (AvgIpc) is 3.40. The molecule has 2 amide bonds. The summed E-state index contributed by atoms with van der Waals surface area (Å²) in [6, 6.07) is 15.5. The number of amides is 2. The molecule has 2 aliphatic rings. The molecule has 1 aliphatic heterocycles. The van der Waals surface area contributed by atoms with E-state index >= 15 is 0 Å². The van der Waals surface area contributed by atoms with Gasteiger partial charge in [0.05, 0.1) is 6.04 Å². The van der Waals surface area contributed by atoms with Gasteiger partial charge < -0.3 is 25.2 Å². The van der Waals surface area contributed by atoms with Crippen LogP contribution in [0.4, 0.5) is 4.79 Å². The molecule has 2 aromatic carbocycles. The SMILES string of the molecule is CCCC(C)(NC(=O)OCC1c2ccccc2-c2ccccc21)C(=O)N[C@H]1CCO[C@H]1C(=O)O. The number of rotatable bonds is 8. The molecule has 8 nitrogen and oxygen atoms in total. The molecule has 34 heavy (non-hydrogen) atoms. The van der Waals surface area contributed by atoms with Crippen molar-refractivity contribution in [2.75, 3.05) is 13.2 Å². The first-order valence-electron chi connectivity index (χ1n) is 11.6. The second kappa shape index (κ2) is 9.85. The normalized spacial score (nSPS) is 20.6. The topological polar surface area (TPSA) is 114 Å². The fraction of sp³-hybridized carbons (Fsp3) is 0.423. The Morgan fingerprint density at radius 2 is 1.71 bits per heavy atom. The quantitative estimate of drug-likeness (QED) is 0.549. The van der Waals surface area contributed by atoms with Crippen LogP contribution >= 0.6 is 0 Å². The lowest BCUT2D eigenvalue weighted by Gasteiger charge is -2.31. The first kappa shape index (κ1) is 23.8. The number of nitrogens with one attached hydrogen (secondary N) is 2. The molecule has 1 aliphatic carbocycles. The molecule has 1 heterocycles. The van der Waals surface area contributed by atoms with E-state index in [-0.39, 0.29) is 19.1 Å². The van der Waals surface area contributed by atoms with Gasteiger partial charge in [-0.15, -0.1) is 0 Å². The largest absolute Gasteiger partial charge is 0.479 e. The highest BCUT2D eigenvalue weighted by Gasteiger charge is 2.41. The molecule has 2 aromatic rings. The molecule has 0 saturated carbocycles. The van der Waals surface area contributed by atoms with Crippen molar-refractivity contribution >= 4 is 18.0 Å². The summed E-state index contributed by atoms with van der Waals surface area (Å²) in [6.07, 6.45) is -0.379. The minimum atomic E-state index is -1.25. The zero-order valence-corrected chi connectivity index (χ0v) is 19.4. The van der Waals surface area contributed by atoms with Crippen molar-refractivity contribution in [3.8, 4) is 11.1 Å². The summed E-state index contributed by atoms with van der Waals surface area (Å²) >= 11 is 0. The Hall–Kier alpha value is -3.39. The number of carbonyl (C=O) groups excluding carboxylic acids is 2. The minimum absolute atomic E-state index is 0.0867. The number of alkyl carbamates (subject to hydrolysis) is 1. The van der Waals surface area contributed by atoms with Crippen LogP contribution in [0.3, 0.4) is 0 Å². The van der Waals surface area contributed by atoms with Gasteiger partial charge in [-0.25, -0.2) is 9.59 Å². The Balaban J connectivity index is 1.42. The molecule has 8 heteroatoms. The first-order chi connectivity index (χ1) is 16.3. The second-order valence-corrected chi connectivity index (χ2v) is 9.03. The van der Waals surface area contributed by atoms with Crippen molar-refractivity contribution in [3.05, 3.63) is 59.7 Å². The molecule has 180 valence electrons. The van der Waals surface area contributed by atoms with Gasteiger partial charge in [-0.05, 0) is 42.0 Å². The van der Waals surface area contributed by atoms with Crippen molar-refractivity contribution in [2.24, 2.45) is 0 Å². The van der Waals surface area contributed by atoms with Gasteiger partial charge in [0.1, 0.15) is 12.1 Å². The predicted molar refractivity (Wildman–Crippen MR) is 125 cm³/mol. The van der Waals surface area contributed by atoms with E-state index in [9.17, 15) is 19.5 Å². The molecule has 3 N–H and O–H groups in total. The smallest absolute Gasteiger partial charge is 0.408 e. The zero-order chi connectivity index (χ0) is 24.3. The van der Waals surface area contributed by atoms with E-state index in [4.69, 9.17) is 9.47 Å². The summed E-state index contributed by atoms with van der Waals surface area (Å²) in [7, 11) is 0. The van der Waals surface area contributed by atoms with Gasteiger partial charge in [-0.3, -0.25) is 4.79 Å². The third-order valence-electron chi connectivity index (χ3n) is 6.62.